The highest BCUT2D eigenvalue weighted by atomic mass is 35.5. The van der Waals surface area contributed by atoms with Gasteiger partial charge < -0.3 is 9.64 Å². The van der Waals surface area contributed by atoms with E-state index in [-0.39, 0.29) is 13.0 Å². The zero-order valence-corrected chi connectivity index (χ0v) is 15.6. The molecule has 0 aliphatic rings. The van der Waals surface area contributed by atoms with Crippen molar-refractivity contribution in [1.29, 1.82) is 5.26 Å². The van der Waals surface area contributed by atoms with Crippen LogP contribution >= 0.6 is 11.6 Å². The van der Waals surface area contributed by atoms with Crippen molar-refractivity contribution in [2.45, 2.75) is 19.4 Å². The van der Waals surface area contributed by atoms with Gasteiger partial charge in [0.2, 0.25) is 0 Å². The number of rotatable bonds is 7. The van der Waals surface area contributed by atoms with E-state index in [1.54, 1.807) is 48.5 Å². The molecular weight excluding hydrogens is 364 g/mol. The highest BCUT2D eigenvalue weighted by Gasteiger charge is 2.24. The zero-order chi connectivity index (χ0) is 19.6. The molecule has 0 radical (unpaired) electrons. The van der Waals surface area contributed by atoms with Gasteiger partial charge in [-0.25, -0.2) is 4.79 Å². The van der Waals surface area contributed by atoms with Gasteiger partial charge in [-0.15, -0.1) is 0 Å². The van der Waals surface area contributed by atoms with Crippen LogP contribution in [-0.4, -0.2) is 24.5 Å². The minimum Gasteiger partial charge on any atom is -0.449 e. The Kier molecular flexibility index (Phi) is 7.60. The van der Waals surface area contributed by atoms with Crippen LogP contribution in [0.15, 0.2) is 60.7 Å². The number of carbonyl (C=O) groups excluding carboxylic acids is 2. The molecule has 2 aromatic carbocycles. The number of carbonyl (C=O) groups is 2. The van der Waals surface area contributed by atoms with E-state index in [4.69, 9.17) is 21.6 Å². The first-order chi connectivity index (χ1) is 13.0. The molecule has 2 rings (SSSR count). The average Bonchev–Trinajstić information content (AvgIpc) is 2.68. The van der Waals surface area contributed by atoms with E-state index in [9.17, 15) is 9.59 Å². The van der Waals surface area contributed by atoms with Crippen LogP contribution in [0.3, 0.4) is 0 Å². The van der Waals surface area contributed by atoms with Crippen LogP contribution < -0.4 is 4.90 Å². The third-order valence-electron chi connectivity index (χ3n) is 3.73. The van der Waals surface area contributed by atoms with Crippen molar-refractivity contribution in [3.63, 3.8) is 0 Å². The SMILES string of the molecule is CC(OC(=O)/C=C/c1ccccc1Cl)C(=O)N(CCC#N)c1ccccc1. The van der Waals surface area contributed by atoms with Crippen molar-refractivity contribution in [1.82, 2.24) is 0 Å². The Morgan fingerprint density at radius 2 is 1.85 bits per heavy atom. The summed E-state index contributed by atoms with van der Waals surface area (Å²) in [6.45, 7) is 1.72. The summed E-state index contributed by atoms with van der Waals surface area (Å²) in [4.78, 5) is 26.2. The van der Waals surface area contributed by atoms with Gasteiger partial charge in [0.1, 0.15) is 0 Å². The number of amides is 1. The summed E-state index contributed by atoms with van der Waals surface area (Å²) in [6, 6.07) is 18.0. The Balaban J connectivity index is 2.05. The van der Waals surface area contributed by atoms with Gasteiger partial charge in [0.15, 0.2) is 6.10 Å². The second kappa shape index (κ2) is 10.1. The first-order valence-corrected chi connectivity index (χ1v) is 8.77. The molecule has 0 N–H and O–H groups in total. The van der Waals surface area contributed by atoms with Crippen molar-refractivity contribution in [3.05, 3.63) is 71.3 Å². The zero-order valence-electron chi connectivity index (χ0n) is 14.8. The largest absolute Gasteiger partial charge is 0.449 e. The Morgan fingerprint density at radius 3 is 2.52 bits per heavy atom. The van der Waals surface area contributed by atoms with Crippen molar-refractivity contribution >= 4 is 35.2 Å². The van der Waals surface area contributed by atoms with Gasteiger partial charge in [0.25, 0.3) is 5.91 Å². The molecular formula is C21H19ClN2O3. The van der Waals surface area contributed by atoms with E-state index in [1.807, 2.05) is 12.1 Å². The number of ether oxygens (including phenoxy) is 1. The van der Waals surface area contributed by atoms with Crippen LogP contribution in [0.25, 0.3) is 6.08 Å². The van der Waals surface area contributed by atoms with E-state index in [2.05, 4.69) is 0 Å². The molecule has 0 aromatic heterocycles. The third-order valence-corrected chi connectivity index (χ3v) is 4.07. The number of halogens is 1. The Hall–Kier alpha value is -3.10. The van der Waals surface area contributed by atoms with Crippen LogP contribution in [0.1, 0.15) is 18.9 Å². The molecule has 2 aromatic rings. The molecule has 138 valence electrons. The minimum atomic E-state index is -0.993. The highest BCUT2D eigenvalue weighted by Crippen LogP contribution is 2.17. The fourth-order valence-electron chi connectivity index (χ4n) is 2.39. The number of para-hydroxylation sites is 1. The molecule has 27 heavy (non-hydrogen) atoms. The minimum absolute atomic E-state index is 0.174. The number of anilines is 1. The number of hydrogen-bond donors (Lipinski definition) is 0. The van der Waals surface area contributed by atoms with Gasteiger partial charge in [-0.05, 0) is 36.8 Å². The third kappa shape index (κ3) is 5.98. The van der Waals surface area contributed by atoms with Crippen LogP contribution in [0.5, 0.6) is 0 Å². The van der Waals surface area contributed by atoms with Gasteiger partial charge in [0.05, 0.1) is 12.5 Å². The molecule has 0 aliphatic carbocycles. The summed E-state index contributed by atoms with van der Waals surface area (Å²) >= 11 is 6.03. The molecule has 0 bridgehead atoms. The average molecular weight is 383 g/mol. The topological polar surface area (TPSA) is 70.4 Å². The molecule has 0 saturated carbocycles. The number of nitrogens with zero attached hydrogens (tertiary/aromatic N) is 2. The summed E-state index contributed by atoms with van der Waals surface area (Å²) in [7, 11) is 0. The highest BCUT2D eigenvalue weighted by molar-refractivity contribution is 6.32. The second-order valence-corrected chi connectivity index (χ2v) is 6.07. The van der Waals surface area contributed by atoms with E-state index in [0.717, 1.165) is 0 Å². The fourth-order valence-corrected chi connectivity index (χ4v) is 2.59. The molecule has 0 heterocycles. The molecule has 0 saturated heterocycles. The molecule has 6 heteroatoms. The lowest BCUT2D eigenvalue weighted by atomic mass is 10.2. The number of benzene rings is 2. The van der Waals surface area contributed by atoms with E-state index >= 15 is 0 Å². The summed E-state index contributed by atoms with van der Waals surface area (Å²) in [5.41, 5.74) is 1.32. The van der Waals surface area contributed by atoms with Gasteiger partial charge in [-0.1, -0.05) is 48.0 Å². The predicted octanol–water partition coefficient (Wildman–Crippen LogP) is 4.23. The molecule has 5 nitrogen and oxygen atoms in total. The summed E-state index contributed by atoms with van der Waals surface area (Å²) < 4.78 is 5.21. The van der Waals surface area contributed by atoms with E-state index in [0.29, 0.717) is 16.3 Å². The summed E-state index contributed by atoms with van der Waals surface area (Å²) in [5.74, 6) is -1.04. The maximum absolute atomic E-state index is 12.7. The first kappa shape index (κ1) is 20.2. The molecule has 1 unspecified atom stereocenters. The van der Waals surface area contributed by atoms with Gasteiger partial charge in [-0.2, -0.15) is 5.26 Å². The van der Waals surface area contributed by atoms with Crippen molar-refractivity contribution in [2.24, 2.45) is 0 Å². The van der Waals surface area contributed by atoms with Gasteiger partial charge in [0, 0.05) is 23.3 Å². The van der Waals surface area contributed by atoms with Crippen LogP contribution in [0, 0.1) is 11.3 Å². The van der Waals surface area contributed by atoms with Gasteiger partial charge in [-0.3, -0.25) is 4.79 Å². The lowest BCUT2D eigenvalue weighted by Gasteiger charge is -2.24. The van der Waals surface area contributed by atoms with Crippen molar-refractivity contribution in [2.75, 3.05) is 11.4 Å². The quantitative estimate of drug-likeness (QED) is 0.530. The fraction of sp³-hybridized carbons (Fsp3) is 0.190. The maximum Gasteiger partial charge on any atom is 0.331 e. The van der Waals surface area contributed by atoms with E-state index < -0.39 is 18.0 Å². The number of nitriles is 1. The lowest BCUT2D eigenvalue weighted by Crippen LogP contribution is -2.40. The Morgan fingerprint density at radius 1 is 1.19 bits per heavy atom. The van der Waals surface area contributed by atoms with Crippen LogP contribution in [-0.2, 0) is 14.3 Å². The van der Waals surface area contributed by atoms with Gasteiger partial charge >= 0.3 is 5.97 Å². The molecule has 1 amide bonds. The monoisotopic (exact) mass is 382 g/mol. The van der Waals surface area contributed by atoms with E-state index in [1.165, 1.54) is 24.0 Å². The number of esters is 1. The normalized spacial score (nSPS) is 11.6. The predicted molar refractivity (Wildman–Crippen MR) is 105 cm³/mol. The molecule has 0 fully saturated rings. The van der Waals surface area contributed by atoms with Crippen molar-refractivity contribution < 1.29 is 14.3 Å². The van der Waals surface area contributed by atoms with Crippen LogP contribution in [0.4, 0.5) is 5.69 Å². The second-order valence-electron chi connectivity index (χ2n) is 5.67. The molecule has 0 spiro atoms. The molecule has 0 aliphatic heterocycles. The summed E-state index contributed by atoms with van der Waals surface area (Å²) in [6.07, 6.45) is 1.94. The molecule has 1 atom stereocenters. The van der Waals surface area contributed by atoms with Crippen molar-refractivity contribution in [3.8, 4) is 6.07 Å². The summed E-state index contributed by atoms with van der Waals surface area (Å²) in [5, 5.41) is 9.35. The maximum atomic E-state index is 12.7. The standard InChI is InChI=1S/C21H19ClN2O3/c1-16(27-20(25)13-12-17-8-5-6-11-19(17)22)21(26)24(15-7-14-23)18-9-3-2-4-10-18/h2-6,8-13,16H,7,15H2,1H3/b13-12+. The lowest BCUT2D eigenvalue weighted by molar-refractivity contribution is -0.149. The van der Waals surface area contributed by atoms with Crippen LogP contribution in [0.2, 0.25) is 5.02 Å². The Bertz CT molecular complexity index is 859. The smallest absolute Gasteiger partial charge is 0.331 e. The number of hydrogen-bond acceptors (Lipinski definition) is 4. The first-order valence-electron chi connectivity index (χ1n) is 8.39. The Labute approximate surface area is 163 Å².